The number of aromatic hydroxyl groups is 1. The van der Waals surface area contributed by atoms with E-state index in [0.29, 0.717) is 17.7 Å². The Hall–Kier alpha value is -0.540. The molecule has 3 atom stereocenters. The van der Waals surface area contributed by atoms with Gasteiger partial charge < -0.3 is 10.4 Å². The summed E-state index contributed by atoms with van der Waals surface area (Å²) in [5, 5.41) is 13.6. The van der Waals surface area contributed by atoms with Gasteiger partial charge in [-0.1, -0.05) is 26.0 Å². The van der Waals surface area contributed by atoms with Crippen molar-refractivity contribution >= 4 is 17.0 Å². The summed E-state index contributed by atoms with van der Waals surface area (Å²) in [6.45, 7) is 5.79. The van der Waals surface area contributed by atoms with E-state index >= 15 is 0 Å². The van der Waals surface area contributed by atoms with Crippen LogP contribution < -0.4 is 5.32 Å². The van der Waals surface area contributed by atoms with Gasteiger partial charge in [-0.3, -0.25) is 0 Å². The summed E-state index contributed by atoms with van der Waals surface area (Å²) in [5.41, 5.74) is 2.78. The fourth-order valence-electron chi connectivity index (χ4n) is 3.54. The van der Waals surface area contributed by atoms with E-state index in [4.69, 9.17) is 0 Å². The minimum atomic E-state index is 0. The number of hydrogen-bond donors (Lipinski definition) is 2. The van der Waals surface area contributed by atoms with Crippen molar-refractivity contribution < 1.29 is 5.11 Å². The molecule has 2 N–H and O–H groups in total. The lowest BCUT2D eigenvalue weighted by molar-refractivity contribution is 0.156. The molecule has 17 heavy (non-hydrogen) atoms. The molecule has 0 saturated carbocycles. The molecular formula is C14H20BrNO. The first kappa shape index (κ1) is 12.9. The zero-order valence-corrected chi connectivity index (χ0v) is 12.1. The molecule has 0 unspecified atom stereocenters. The van der Waals surface area contributed by atoms with Crippen LogP contribution in [0.3, 0.4) is 0 Å². The fraction of sp³-hybridized carbons (Fsp3) is 0.571. The third-order valence-electron chi connectivity index (χ3n) is 4.85. The van der Waals surface area contributed by atoms with Gasteiger partial charge in [-0.25, -0.2) is 0 Å². The second kappa shape index (κ2) is 4.29. The molecule has 0 spiro atoms. The number of benzene rings is 1. The van der Waals surface area contributed by atoms with E-state index in [0.717, 1.165) is 13.0 Å². The maximum atomic E-state index is 9.98. The standard InChI is InChI=1S/C14H19NO.BrH/c1-9-12-8-10-11(4-3-5-13(10)16)14(9,2)6-7-15-12;/h3-5,9,12,15-16H,6-8H2,1-2H3;1H/t9-,12+,14-;/m0./s1. The highest BCUT2D eigenvalue weighted by Gasteiger charge is 2.45. The minimum absolute atomic E-state index is 0. The number of nitrogens with one attached hydrogen (secondary N) is 1. The van der Waals surface area contributed by atoms with E-state index in [-0.39, 0.29) is 22.4 Å². The lowest BCUT2D eigenvalue weighted by Crippen LogP contribution is -2.56. The van der Waals surface area contributed by atoms with Crippen LogP contribution in [0.4, 0.5) is 0 Å². The average molecular weight is 298 g/mol. The average Bonchev–Trinajstić information content (AvgIpc) is 2.24. The summed E-state index contributed by atoms with van der Waals surface area (Å²) in [4.78, 5) is 0. The van der Waals surface area contributed by atoms with Crippen LogP contribution in [0.2, 0.25) is 0 Å². The van der Waals surface area contributed by atoms with Crippen LogP contribution in [-0.4, -0.2) is 17.7 Å². The van der Waals surface area contributed by atoms with Gasteiger partial charge in [0.15, 0.2) is 0 Å². The molecule has 2 aliphatic rings. The molecule has 2 bridgehead atoms. The number of phenolic OH excluding ortho intramolecular Hbond substituents is 1. The minimum Gasteiger partial charge on any atom is -0.508 e. The Balaban J connectivity index is 0.00000108. The zero-order valence-electron chi connectivity index (χ0n) is 10.4. The Bertz CT molecular complexity index is 434. The van der Waals surface area contributed by atoms with Crippen molar-refractivity contribution in [3.63, 3.8) is 0 Å². The monoisotopic (exact) mass is 297 g/mol. The highest BCUT2D eigenvalue weighted by molar-refractivity contribution is 8.93. The molecule has 1 aliphatic heterocycles. The normalized spacial score (nSPS) is 34.7. The van der Waals surface area contributed by atoms with Crippen molar-refractivity contribution in [1.82, 2.24) is 5.32 Å². The van der Waals surface area contributed by atoms with Gasteiger partial charge in [-0.2, -0.15) is 0 Å². The summed E-state index contributed by atoms with van der Waals surface area (Å²) >= 11 is 0. The SMILES string of the molecule is Br.C[C@H]1[C@H]2Cc3c(O)cccc3[C@@]1(C)CCN2. The number of piperidine rings is 1. The second-order valence-electron chi connectivity index (χ2n) is 5.52. The maximum absolute atomic E-state index is 9.98. The predicted octanol–water partition coefficient (Wildman–Crippen LogP) is 2.78. The molecule has 1 fully saturated rings. The molecule has 1 saturated heterocycles. The third kappa shape index (κ3) is 1.71. The lowest BCUT2D eigenvalue weighted by Gasteiger charge is -2.50. The first-order valence-corrected chi connectivity index (χ1v) is 6.17. The number of phenols is 1. The molecule has 3 rings (SSSR count). The smallest absolute Gasteiger partial charge is 0.119 e. The Morgan fingerprint density at radius 1 is 1.41 bits per heavy atom. The summed E-state index contributed by atoms with van der Waals surface area (Å²) in [6, 6.07) is 6.52. The zero-order chi connectivity index (χ0) is 11.3. The molecule has 94 valence electrons. The van der Waals surface area contributed by atoms with Crippen LogP contribution in [0.1, 0.15) is 31.4 Å². The van der Waals surface area contributed by atoms with E-state index in [1.54, 1.807) is 0 Å². The van der Waals surface area contributed by atoms with E-state index in [1.165, 1.54) is 17.5 Å². The first-order chi connectivity index (χ1) is 7.63. The van der Waals surface area contributed by atoms with Gasteiger partial charge in [-0.15, -0.1) is 17.0 Å². The number of halogens is 1. The largest absolute Gasteiger partial charge is 0.508 e. The van der Waals surface area contributed by atoms with Gasteiger partial charge in [-0.05, 0) is 47.9 Å². The van der Waals surface area contributed by atoms with Gasteiger partial charge in [0, 0.05) is 6.04 Å². The fourth-order valence-corrected chi connectivity index (χ4v) is 3.54. The molecule has 2 nitrogen and oxygen atoms in total. The van der Waals surface area contributed by atoms with Gasteiger partial charge in [0.05, 0.1) is 0 Å². The summed E-state index contributed by atoms with van der Waals surface area (Å²) in [5.74, 6) is 1.12. The second-order valence-corrected chi connectivity index (χ2v) is 5.52. The van der Waals surface area contributed by atoms with Gasteiger partial charge in [0.1, 0.15) is 5.75 Å². The molecular weight excluding hydrogens is 278 g/mol. The van der Waals surface area contributed by atoms with Crippen molar-refractivity contribution in [2.24, 2.45) is 5.92 Å². The summed E-state index contributed by atoms with van der Waals surface area (Å²) < 4.78 is 0. The quantitative estimate of drug-likeness (QED) is 0.772. The van der Waals surface area contributed by atoms with Crippen molar-refractivity contribution in [2.75, 3.05) is 6.54 Å². The van der Waals surface area contributed by atoms with E-state index in [9.17, 15) is 5.11 Å². The topological polar surface area (TPSA) is 32.3 Å². The van der Waals surface area contributed by atoms with Gasteiger partial charge in [0.2, 0.25) is 0 Å². The van der Waals surface area contributed by atoms with Crippen molar-refractivity contribution in [3.8, 4) is 5.75 Å². The van der Waals surface area contributed by atoms with Crippen LogP contribution in [-0.2, 0) is 11.8 Å². The Kier molecular flexibility index (Phi) is 3.25. The first-order valence-electron chi connectivity index (χ1n) is 6.17. The summed E-state index contributed by atoms with van der Waals surface area (Å²) in [6.07, 6.45) is 2.14. The predicted molar refractivity (Wildman–Crippen MR) is 75.1 cm³/mol. The van der Waals surface area contributed by atoms with Crippen molar-refractivity contribution in [2.45, 2.75) is 38.1 Å². The van der Waals surface area contributed by atoms with E-state index in [2.05, 4.69) is 25.2 Å². The molecule has 1 aromatic rings. The highest BCUT2D eigenvalue weighted by Crippen LogP contribution is 2.47. The number of fused-ring (bicyclic) bond motifs is 4. The lowest BCUT2D eigenvalue weighted by atomic mass is 9.59. The molecule has 1 heterocycles. The Morgan fingerprint density at radius 2 is 2.18 bits per heavy atom. The van der Waals surface area contributed by atoms with Crippen LogP contribution in [0.15, 0.2) is 18.2 Å². The van der Waals surface area contributed by atoms with Gasteiger partial charge in [0.25, 0.3) is 0 Å². The Morgan fingerprint density at radius 3 is 2.94 bits per heavy atom. The Labute approximate surface area is 113 Å². The number of rotatable bonds is 0. The third-order valence-corrected chi connectivity index (χ3v) is 4.85. The van der Waals surface area contributed by atoms with E-state index in [1.807, 2.05) is 12.1 Å². The van der Waals surface area contributed by atoms with Crippen molar-refractivity contribution in [3.05, 3.63) is 29.3 Å². The molecule has 0 radical (unpaired) electrons. The van der Waals surface area contributed by atoms with Crippen molar-refractivity contribution in [1.29, 1.82) is 0 Å². The molecule has 0 amide bonds. The maximum Gasteiger partial charge on any atom is 0.119 e. The van der Waals surface area contributed by atoms with Crippen LogP contribution in [0.25, 0.3) is 0 Å². The number of hydrogen-bond acceptors (Lipinski definition) is 2. The van der Waals surface area contributed by atoms with Crippen LogP contribution in [0, 0.1) is 5.92 Å². The molecule has 1 aliphatic carbocycles. The van der Waals surface area contributed by atoms with Crippen LogP contribution in [0.5, 0.6) is 5.75 Å². The summed E-state index contributed by atoms with van der Waals surface area (Å²) in [7, 11) is 0. The highest BCUT2D eigenvalue weighted by atomic mass is 79.9. The van der Waals surface area contributed by atoms with Crippen LogP contribution >= 0.6 is 17.0 Å². The van der Waals surface area contributed by atoms with Gasteiger partial charge >= 0.3 is 0 Å². The molecule has 1 aromatic carbocycles. The van der Waals surface area contributed by atoms with E-state index < -0.39 is 0 Å². The molecule has 0 aromatic heterocycles. The molecule has 3 heteroatoms.